The Bertz CT molecular complexity index is 356. The number of nitrogens with zero attached hydrogens (tertiary/aromatic N) is 1. The summed E-state index contributed by atoms with van der Waals surface area (Å²) >= 11 is 0. The summed E-state index contributed by atoms with van der Waals surface area (Å²) in [5.74, 6) is 0.00588. The first-order chi connectivity index (χ1) is 6.11. The van der Waals surface area contributed by atoms with Gasteiger partial charge in [0.05, 0.1) is 0 Å². The van der Waals surface area contributed by atoms with Gasteiger partial charge in [0, 0.05) is 12.5 Å². The largest absolute Gasteiger partial charge is 0.383 e. The lowest BCUT2D eigenvalue weighted by Crippen LogP contribution is -2.16. The Morgan fingerprint density at radius 1 is 1.38 bits per heavy atom. The lowest BCUT2D eigenvalue weighted by Gasteiger charge is -2.02. The SMILES string of the molecule is CC(=O)N=C(N)c1ccccc1C. The van der Waals surface area contributed by atoms with Crippen LogP contribution in [0.4, 0.5) is 0 Å². The zero-order valence-electron chi connectivity index (χ0n) is 7.74. The number of hydrogen-bond acceptors (Lipinski definition) is 1. The van der Waals surface area contributed by atoms with Gasteiger partial charge in [-0.05, 0) is 12.5 Å². The zero-order valence-corrected chi connectivity index (χ0v) is 7.74. The van der Waals surface area contributed by atoms with E-state index in [1.165, 1.54) is 6.92 Å². The Morgan fingerprint density at radius 3 is 2.54 bits per heavy atom. The van der Waals surface area contributed by atoms with Crippen molar-refractivity contribution in [3.8, 4) is 0 Å². The molecule has 13 heavy (non-hydrogen) atoms. The van der Waals surface area contributed by atoms with Crippen molar-refractivity contribution >= 4 is 11.7 Å². The van der Waals surface area contributed by atoms with Gasteiger partial charge in [0.1, 0.15) is 5.84 Å². The Hall–Kier alpha value is -1.64. The minimum absolute atomic E-state index is 0.277. The second-order valence-electron chi connectivity index (χ2n) is 2.83. The van der Waals surface area contributed by atoms with Crippen molar-refractivity contribution in [3.63, 3.8) is 0 Å². The van der Waals surface area contributed by atoms with Crippen LogP contribution >= 0.6 is 0 Å². The average molecular weight is 176 g/mol. The summed E-state index contributed by atoms with van der Waals surface area (Å²) in [4.78, 5) is 14.3. The molecule has 0 aliphatic heterocycles. The first kappa shape index (κ1) is 9.45. The third-order valence-corrected chi connectivity index (χ3v) is 1.70. The monoisotopic (exact) mass is 176 g/mol. The van der Waals surface area contributed by atoms with Crippen LogP contribution in [0.5, 0.6) is 0 Å². The van der Waals surface area contributed by atoms with E-state index in [-0.39, 0.29) is 11.7 Å². The first-order valence-electron chi connectivity index (χ1n) is 4.02. The molecule has 0 atom stereocenters. The Balaban J connectivity index is 3.08. The van der Waals surface area contributed by atoms with Gasteiger partial charge in [-0.2, -0.15) is 4.99 Å². The Kier molecular flexibility index (Phi) is 2.80. The first-order valence-corrected chi connectivity index (χ1v) is 4.02. The molecule has 0 radical (unpaired) electrons. The van der Waals surface area contributed by atoms with Crippen LogP contribution in [0.25, 0.3) is 0 Å². The standard InChI is InChI=1S/C10H12N2O/c1-7-5-3-4-6-9(7)10(11)12-8(2)13/h3-6H,1-2H3,(H2,11,12,13). The van der Waals surface area contributed by atoms with Crippen LogP contribution in [0.3, 0.4) is 0 Å². The number of nitrogens with two attached hydrogens (primary N) is 1. The van der Waals surface area contributed by atoms with Crippen molar-refractivity contribution in [1.82, 2.24) is 0 Å². The molecule has 0 bridgehead atoms. The van der Waals surface area contributed by atoms with Crippen LogP contribution in [0.1, 0.15) is 18.1 Å². The van der Waals surface area contributed by atoms with E-state index in [4.69, 9.17) is 5.73 Å². The molecule has 0 spiro atoms. The minimum atomic E-state index is -0.277. The van der Waals surface area contributed by atoms with Gasteiger partial charge in [0.25, 0.3) is 0 Å². The summed E-state index contributed by atoms with van der Waals surface area (Å²) in [6.07, 6.45) is 0. The Morgan fingerprint density at radius 2 is 2.00 bits per heavy atom. The van der Waals surface area contributed by atoms with Crippen molar-refractivity contribution < 1.29 is 4.79 Å². The molecule has 68 valence electrons. The number of amides is 1. The second-order valence-corrected chi connectivity index (χ2v) is 2.83. The maximum absolute atomic E-state index is 10.7. The highest BCUT2D eigenvalue weighted by molar-refractivity contribution is 6.04. The van der Waals surface area contributed by atoms with Gasteiger partial charge in [-0.3, -0.25) is 4.79 Å². The van der Waals surface area contributed by atoms with Gasteiger partial charge >= 0.3 is 0 Å². The summed E-state index contributed by atoms with van der Waals surface area (Å²) in [7, 11) is 0. The van der Waals surface area contributed by atoms with E-state index < -0.39 is 0 Å². The number of hydrogen-bond donors (Lipinski definition) is 1. The molecule has 0 fully saturated rings. The minimum Gasteiger partial charge on any atom is -0.383 e. The number of rotatable bonds is 1. The molecular formula is C10H12N2O. The lowest BCUT2D eigenvalue weighted by atomic mass is 10.1. The number of amidine groups is 1. The van der Waals surface area contributed by atoms with Gasteiger partial charge in [-0.25, -0.2) is 0 Å². The third kappa shape index (κ3) is 2.40. The fourth-order valence-corrected chi connectivity index (χ4v) is 1.09. The molecule has 1 aromatic rings. The highest BCUT2D eigenvalue weighted by Crippen LogP contribution is 2.05. The normalized spacial score (nSPS) is 11.4. The molecule has 0 aliphatic carbocycles. The predicted molar refractivity (Wildman–Crippen MR) is 52.6 cm³/mol. The summed E-state index contributed by atoms with van der Waals surface area (Å²) < 4.78 is 0. The molecule has 3 nitrogen and oxygen atoms in total. The molecule has 0 aromatic heterocycles. The van der Waals surface area contributed by atoms with E-state index in [2.05, 4.69) is 4.99 Å². The molecule has 1 rings (SSSR count). The fourth-order valence-electron chi connectivity index (χ4n) is 1.09. The van der Waals surface area contributed by atoms with E-state index in [0.717, 1.165) is 11.1 Å². The van der Waals surface area contributed by atoms with Gasteiger partial charge in [-0.1, -0.05) is 24.3 Å². The van der Waals surface area contributed by atoms with Crippen molar-refractivity contribution in [3.05, 3.63) is 35.4 Å². The molecule has 2 N–H and O–H groups in total. The topological polar surface area (TPSA) is 55.5 Å². The van der Waals surface area contributed by atoms with Crippen LogP contribution in [-0.2, 0) is 4.79 Å². The van der Waals surface area contributed by atoms with E-state index in [1.54, 1.807) is 0 Å². The second kappa shape index (κ2) is 3.85. The van der Waals surface area contributed by atoms with Crippen molar-refractivity contribution in [2.45, 2.75) is 13.8 Å². The smallest absolute Gasteiger partial charge is 0.244 e. The highest BCUT2D eigenvalue weighted by atomic mass is 16.1. The number of carbonyl (C=O) groups excluding carboxylic acids is 1. The van der Waals surface area contributed by atoms with Crippen LogP contribution < -0.4 is 5.73 Å². The molecular weight excluding hydrogens is 164 g/mol. The maximum atomic E-state index is 10.7. The number of carbonyl (C=O) groups is 1. The molecule has 1 aromatic carbocycles. The van der Waals surface area contributed by atoms with E-state index in [1.807, 2.05) is 31.2 Å². The van der Waals surface area contributed by atoms with Gasteiger partial charge in [0.2, 0.25) is 5.91 Å². The van der Waals surface area contributed by atoms with Crippen LogP contribution in [0.15, 0.2) is 29.3 Å². The molecule has 1 amide bonds. The van der Waals surface area contributed by atoms with E-state index >= 15 is 0 Å². The number of benzene rings is 1. The fraction of sp³-hybridized carbons (Fsp3) is 0.200. The molecule has 0 unspecified atom stereocenters. The number of aryl methyl sites for hydroxylation is 1. The molecule has 0 heterocycles. The van der Waals surface area contributed by atoms with Crippen LogP contribution in [-0.4, -0.2) is 11.7 Å². The van der Waals surface area contributed by atoms with Crippen LogP contribution in [0, 0.1) is 6.92 Å². The molecule has 0 aliphatic rings. The van der Waals surface area contributed by atoms with Gasteiger partial charge in [-0.15, -0.1) is 0 Å². The molecule has 3 heteroatoms. The molecule has 0 saturated carbocycles. The highest BCUT2D eigenvalue weighted by Gasteiger charge is 2.01. The van der Waals surface area contributed by atoms with Crippen LogP contribution in [0.2, 0.25) is 0 Å². The lowest BCUT2D eigenvalue weighted by molar-refractivity contribution is -0.115. The van der Waals surface area contributed by atoms with Crippen molar-refractivity contribution in [1.29, 1.82) is 0 Å². The van der Waals surface area contributed by atoms with Gasteiger partial charge in [0.15, 0.2) is 0 Å². The zero-order chi connectivity index (χ0) is 9.84. The predicted octanol–water partition coefficient (Wildman–Crippen LogP) is 1.25. The maximum Gasteiger partial charge on any atom is 0.244 e. The summed E-state index contributed by atoms with van der Waals surface area (Å²) in [6, 6.07) is 7.56. The van der Waals surface area contributed by atoms with Crippen molar-refractivity contribution in [2.24, 2.45) is 10.7 Å². The average Bonchev–Trinajstić information content (AvgIpc) is 2.03. The van der Waals surface area contributed by atoms with E-state index in [9.17, 15) is 4.79 Å². The quantitative estimate of drug-likeness (QED) is 0.517. The summed E-state index contributed by atoms with van der Waals surface area (Å²) in [5.41, 5.74) is 7.46. The van der Waals surface area contributed by atoms with E-state index in [0.29, 0.717) is 0 Å². The Labute approximate surface area is 77.3 Å². The van der Waals surface area contributed by atoms with Gasteiger partial charge < -0.3 is 5.73 Å². The number of aliphatic imine (C=N–C) groups is 1. The summed E-state index contributed by atoms with van der Waals surface area (Å²) in [6.45, 7) is 3.31. The molecule has 0 saturated heterocycles. The van der Waals surface area contributed by atoms with Crippen molar-refractivity contribution in [2.75, 3.05) is 0 Å². The third-order valence-electron chi connectivity index (χ3n) is 1.70. The summed E-state index contributed by atoms with van der Waals surface area (Å²) in [5, 5.41) is 0.